The molecule has 0 unspecified atom stereocenters. The fraction of sp³-hybridized carbons (Fsp3) is 0.455. The number of pyridine rings is 1. The molecule has 3 N–H and O–H groups in total. The maximum atomic E-state index is 11.1. The molecule has 0 aromatic carbocycles. The normalized spacial score (nSPS) is 25.8. The second-order valence-electron chi connectivity index (χ2n) is 4.22. The summed E-state index contributed by atoms with van der Waals surface area (Å²) in [6, 6.07) is 2.85. The van der Waals surface area contributed by atoms with E-state index in [0.717, 1.165) is 0 Å². The van der Waals surface area contributed by atoms with Crippen molar-refractivity contribution in [1.29, 1.82) is 0 Å². The molecule has 2 rings (SSSR count). The number of hydrogen-bond acceptors (Lipinski definition) is 4. The quantitative estimate of drug-likeness (QED) is 0.345. The van der Waals surface area contributed by atoms with Crippen LogP contribution in [0.5, 0.6) is 0 Å². The van der Waals surface area contributed by atoms with Gasteiger partial charge in [0.1, 0.15) is 5.56 Å². The Labute approximate surface area is 109 Å². The van der Waals surface area contributed by atoms with Crippen LogP contribution in [-0.2, 0) is 4.74 Å². The number of ether oxygens (including phenoxy) is 1. The number of hydrogen-bond donors (Lipinski definition) is 2. The van der Waals surface area contributed by atoms with Crippen LogP contribution in [0.4, 0.5) is 0 Å². The molecular weight excluding hydrogens is 250 g/mol. The van der Waals surface area contributed by atoms with E-state index in [1.807, 2.05) is 0 Å². The number of carbonyl (C=O) groups excluding carboxylic acids is 1. The highest BCUT2D eigenvalue weighted by molar-refractivity contribution is 5.92. The highest BCUT2D eigenvalue weighted by Gasteiger charge is 2.39. The van der Waals surface area contributed by atoms with Gasteiger partial charge in [-0.1, -0.05) is 5.11 Å². The molecule has 0 radical (unpaired) electrons. The second kappa shape index (κ2) is 5.66. The first-order valence-electron chi connectivity index (χ1n) is 5.77. The van der Waals surface area contributed by atoms with E-state index in [1.54, 1.807) is 29.1 Å². The number of amides is 1. The van der Waals surface area contributed by atoms with Gasteiger partial charge in [0, 0.05) is 17.4 Å². The zero-order valence-corrected chi connectivity index (χ0v) is 10.1. The van der Waals surface area contributed by atoms with Crippen LogP contribution in [0.25, 0.3) is 10.4 Å². The number of nitrogens with zero attached hydrogens (tertiary/aromatic N) is 4. The SMILES string of the molecule is [N-]=[N+]=N[C@@H]1C[C@H]([n+]2cccc(C(N)=O)c2)O[C@@H]1CO. The fourth-order valence-corrected chi connectivity index (χ4v) is 2.07. The largest absolute Gasteiger partial charge is 0.394 e. The van der Waals surface area contributed by atoms with Gasteiger partial charge in [-0.25, -0.2) is 0 Å². The Kier molecular flexibility index (Phi) is 3.96. The first-order valence-corrected chi connectivity index (χ1v) is 5.77. The van der Waals surface area contributed by atoms with E-state index >= 15 is 0 Å². The predicted molar refractivity (Wildman–Crippen MR) is 63.7 cm³/mol. The van der Waals surface area contributed by atoms with Gasteiger partial charge in [0.2, 0.25) is 0 Å². The number of nitrogens with two attached hydrogens (primary N) is 1. The number of aliphatic hydroxyl groups is 1. The van der Waals surface area contributed by atoms with Gasteiger partial charge in [0.05, 0.1) is 18.8 Å². The van der Waals surface area contributed by atoms with Crippen LogP contribution < -0.4 is 10.3 Å². The summed E-state index contributed by atoms with van der Waals surface area (Å²) in [7, 11) is 0. The lowest BCUT2D eigenvalue weighted by molar-refractivity contribution is -0.759. The molecule has 1 amide bonds. The minimum absolute atomic E-state index is 0.226. The lowest BCUT2D eigenvalue weighted by atomic mass is 10.1. The molecule has 8 nitrogen and oxygen atoms in total. The third kappa shape index (κ3) is 2.82. The Bertz CT molecular complexity index is 529. The Morgan fingerprint density at radius 1 is 1.74 bits per heavy atom. The van der Waals surface area contributed by atoms with Crippen molar-refractivity contribution in [3.63, 3.8) is 0 Å². The Morgan fingerprint density at radius 3 is 3.16 bits per heavy atom. The van der Waals surface area contributed by atoms with Gasteiger partial charge in [0.25, 0.3) is 12.1 Å². The molecule has 1 aromatic rings. The number of carbonyl (C=O) groups is 1. The molecule has 8 heteroatoms. The Morgan fingerprint density at radius 2 is 2.53 bits per heavy atom. The third-order valence-electron chi connectivity index (χ3n) is 3.02. The van der Waals surface area contributed by atoms with Crippen molar-refractivity contribution in [2.75, 3.05) is 6.61 Å². The maximum absolute atomic E-state index is 11.1. The van der Waals surface area contributed by atoms with Crippen molar-refractivity contribution >= 4 is 5.91 Å². The molecule has 1 aromatic heterocycles. The first-order chi connectivity index (χ1) is 9.15. The maximum Gasteiger partial charge on any atom is 0.263 e. The average molecular weight is 264 g/mol. The monoisotopic (exact) mass is 264 g/mol. The summed E-state index contributed by atoms with van der Waals surface area (Å²) in [5.74, 6) is -0.530. The predicted octanol–water partition coefficient (Wildman–Crippen LogP) is 0.0317. The summed E-state index contributed by atoms with van der Waals surface area (Å²) in [6.07, 6.45) is 2.80. The summed E-state index contributed by atoms with van der Waals surface area (Å²) in [4.78, 5) is 13.9. The molecule has 0 aliphatic carbocycles. The van der Waals surface area contributed by atoms with Crippen LogP contribution >= 0.6 is 0 Å². The number of rotatable bonds is 4. The summed E-state index contributed by atoms with van der Waals surface area (Å²) in [5, 5.41) is 12.8. The number of aromatic nitrogens is 1. The average Bonchev–Trinajstić information content (AvgIpc) is 2.82. The van der Waals surface area contributed by atoms with E-state index in [-0.39, 0.29) is 6.61 Å². The van der Waals surface area contributed by atoms with Gasteiger partial charge < -0.3 is 15.6 Å². The van der Waals surface area contributed by atoms with E-state index < -0.39 is 24.3 Å². The van der Waals surface area contributed by atoms with E-state index in [4.69, 9.17) is 16.0 Å². The van der Waals surface area contributed by atoms with Crippen LogP contribution in [0.2, 0.25) is 0 Å². The van der Waals surface area contributed by atoms with Crippen molar-refractivity contribution < 1.29 is 19.2 Å². The molecule has 3 atom stereocenters. The lowest BCUT2D eigenvalue weighted by Gasteiger charge is -2.09. The number of azide groups is 1. The summed E-state index contributed by atoms with van der Waals surface area (Å²) in [5.41, 5.74) is 14.0. The van der Waals surface area contributed by atoms with Crippen LogP contribution in [0.3, 0.4) is 0 Å². The molecule has 1 saturated heterocycles. The van der Waals surface area contributed by atoms with Crippen LogP contribution in [0.1, 0.15) is 23.0 Å². The van der Waals surface area contributed by atoms with Gasteiger partial charge >= 0.3 is 0 Å². The van der Waals surface area contributed by atoms with Gasteiger partial charge in [-0.3, -0.25) is 4.79 Å². The van der Waals surface area contributed by atoms with Crippen molar-refractivity contribution in [3.05, 3.63) is 40.5 Å². The van der Waals surface area contributed by atoms with E-state index in [9.17, 15) is 9.90 Å². The van der Waals surface area contributed by atoms with Crippen molar-refractivity contribution in [2.45, 2.75) is 24.8 Å². The molecule has 2 heterocycles. The van der Waals surface area contributed by atoms with Crippen LogP contribution in [0.15, 0.2) is 29.6 Å². The standard InChI is InChI=1S/C11H13N5O3/c12-11(18)7-2-1-3-16(5-7)10-4-8(14-15-13)9(6-17)19-10/h1-3,5,8-10,17H,4,6H2,(H-,12,18)/p+1/t8-,9-,10-/m1/s1. The molecule has 0 spiro atoms. The molecule has 19 heavy (non-hydrogen) atoms. The second-order valence-corrected chi connectivity index (χ2v) is 4.22. The summed E-state index contributed by atoms with van der Waals surface area (Å²) >= 11 is 0. The zero-order chi connectivity index (χ0) is 13.8. The van der Waals surface area contributed by atoms with Crippen LogP contribution in [-0.4, -0.2) is 29.8 Å². The van der Waals surface area contributed by atoms with Crippen molar-refractivity contribution in [3.8, 4) is 0 Å². The molecule has 1 fully saturated rings. The van der Waals surface area contributed by atoms with Gasteiger partial charge in [-0.05, 0) is 11.6 Å². The number of primary amides is 1. The van der Waals surface area contributed by atoms with Crippen molar-refractivity contribution in [1.82, 2.24) is 0 Å². The minimum Gasteiger partial charge on any atom is -0.394 e. The first kappa shape index (κ1) is 13.3. The molecular formula is C11H14N5O3+. The topological polar surface area (TPSA) is 125 Å². The van der Waals surface area contributed by atoms with Crippen LogP contribution in [0, 0.1) is 0 Å². The molecule has 1 aliphatic rings. The third-order valence-corrected chi connectivity index (χ3v) is 3.02. The highest BCUT2D eigenvalue weighted by atomic mass is 16.5. The van der Waals surface area contributed by atoms with Gasteiger partial charge in [-0.15, -0.1) is 0 Å². The van der Waals surface area contributed by atoms with Crippen molar-refractivity contribution in [2.24, 2.45) is 10.8 Å². The summed E-state index contributed by atoms with van der Waals surface area (Å²) < 4.78 is 7.27. The number of aliphatic hydroxyl groups excluding tert-OH is 1. The highest BCUT2D eigenvalue weighted by Crippen LogP contribution is 2.27. The lowest BCUT2D eigenvalue weighted by Crippen LogP contribution is -2.40. The van der Waals surface area contributed by atoms with Gasteiger partial charge in [-0.2, -0.15) is 4.57 Å². The molecule has 1 aliphatic heterocycles. The Balaban J connectivity index is 2.21. The van der Waals surface area contributed by atoms with E-state index in [2.05, 4.69) is 10.0 Å². The molecule has 0 saturated carbocycles. The fourth-order valence-electron chi connectivity index (χ4n) is 2.07. The summed E-state index contributed by atoms with van der Waals surface area (Å²) in [6.45, 7) is -0.226. The smallest absolute Gasteiger partial charge is 0.263 e. The van der Waals surface area contributed by atoms with E-state index in [0.29, 0.717) is 12.0 Å². The molecule has 100 valence electrons. The van der Waals surface area contributed by atoms with E-state index in [1.165, 1.54) is 0 Å². The minimum atomic E-state index is -0.536. The Hall–Kier alpha value is -2.15. The van der Waals surface area contributed by atoms with Gasteiger partial charge in [0.15, 0.2) is 12.4 Å². The zero-order valence-electron chi connectivity index (χ0n) is 10.1. The molecule has 0 bridgehead atoms.